The number of hydrogen-bond acceptors (Lipinski definition) is 3. The van der Waals surface area contributed by atoms with Crippen molar-refractivity contribution in [1.29, 1.82) is 0 Å². The van der Waals surface area contributed by atoms with Gasteiger partial charge < -0.3 is 15.7 Å². The van der Waals surface area contributed by atoms with Crippen molar-refractivity contribution >= 4 is 12.0 Å². The van der Waals surface area contributed by atoms with E-state index in [1.165, 1.54) is 0 Å². The van der Waals surface area contributed by atoms with Gasteiger partial charge in [-0.15, -0.1) is 0 Å². The molecule has 110 valence electrons. The van der Waals surface area contributed by atoms with Crippen molar-refractivity contribution in [2.24, 2.45) is 5.92 Å². The second-order valence-electron chi connectivity index (χ2n) is 5.23. The number of nitrogens with one attached hydrogen (secondary N) is 3. The number of urea groups is 1. The first-order chi connectivity index (χ1) is 9.56. The average molecular weight is 280 g/mol. The van der Waals surface area contributed by atoms with Crippen LogP contribution >= 0.6 is 0 Å². The van der Waals surface area contributed by atoms with Crippen molar-refractivity contribution in [3.05, 3.63) is 17.5 Å². The van der Waals surface area contributed by atoms with Crippen molar-refractivity contribution in [3.8, 4) is 0 Å². The molecule has 1 aliphatic carbocycles. The lowest BCUT2D eigenvalue weighted by molar-refractivity contribution is -0.142. The van der Waals surface area contributed by atoms with E-state index in [1.54, 1.807) is 6.20 Å². The number of aromatic amines is 1. The van der Waals surface area contributed by atoms with E-state index < -0.39 is 5.97 Å². The summed E-state index contributed by atoms with van der Waals surface area (Å²) in [6.45, 7) is 2.33. The van der Waals surface area contributed by atoms with Gasteiger partial charge in [0, 0.05) is 23.8 Å². The highest BCUT2D eigenvalue weighted by molar-refractivity contribution is 5.74. The minimum Gasteiger partial charge on any atom is -0.481 e. The van der Waals surface area contributed by atoms with Crippen LogP contribution in [-0.2, 0) is 11.3 Å². The van der Waals surface area contributed by atoms with Crippen molar-refractivity contribution in [1.82, 2.24) is 20.8 Å². The van der Waals surface area contributed by atoms with Gasteiger partial charge in [-0.2, -0.15) is 5.10 Å². The van der Waals surface area contributed by atoms with Crippen LogP contribution in [0.4, 0.5) is 4.79 Å². The van der Waals surface area contributed by atoms with Crippen LogP contribution in [-0.4, -0.2) is 33.3 Å². The zero-order valence-electron chi connectivity index (χ0n) is 11.5. The molecule has 0 aromatic carbocycles. The summed E-state index contributed by atoms with van der Waals surface area (Å²) >= 11 is 0. The van der Waals surface area contributed by atoms with Crippen LogP contribution in [0.5, 0.6) is 0 Å². The molecule has 2 rings (SSSR count). The summed E-state index contributed by atoms with van der Waals surface area (Å²) in [6, 6.07) is -0.152. The molecule has 0 atom stereocenters. The molecule has 20 heavy (non-hydrogen) atoms. The molecule has 0 unspecified atom stereocenters. The maximum absolute atomic E-state index is 11.8. The van der Waals surface area contributed by atoms with Crippen LogP contribution in [0, 0.1) is 12.8 Å². The van der Waals surface area contributed by atoms with E-state index in [4.69, 9.17) is 5.11 Å². The summed E-state index contributed by atoms with van der Waals surface area (Å²) in [5, 5.41) is 21.3. The van der Waals surface area contributed by atoms with Crippen LogP contribution < -0.4 is 10.6 Å². The fourth-order valence-corrected chi connectivity index (χ4v) is 2.45. The largest absolute Gasteiger partial charge is 0.481 e. The predicted molar refractivity (Wildman–Crippen MR) is 72.1 cm³/mol. The second kappa shape index (κ2) is 6.40. The fraction of sp³-hybridized carbons (Fsp3) is 0.615. The Morgan fingerprint density at radius 3 is 2.65 bits per heavy atom. The monoisotopic (exact) mass is 280 g/mol. The number of aromatic nitrogens is 2. The first kappa shape index (κ1) is 14.4. The Morgan fingerprint density at radius 2 is 2.10 bits per heavy atom. The number of rotatable bonds is 4. The standard InChI is InChI=1S/C13H20N4O3/c1-8-10(7-15-17-8)6-14-13(20)16-11-4-2-9(3-5-11)12(18)19/h7,9,11H,2-6H2,1H3,(H,15,17)(H,18,19)(H2,14,16,20). The van der Waals surface area contributed by atoms with Crippen molar-refractivity contribution in [2.45, 2.75) is 45.2 Å². The van der Waals surface area contributed by atoms with Crippen molar-refractivity contribution in [2.75, 3.05) is 0 Å². The van der Waals surface area contributed by atoms with Gasteiger partial charge in [-0.3, -0.25) is 9.89 Å². The molecule has 0 bridgehead atoms. The van der Waals surface area contributed by atoms with E-state index in [-0.39, 0.29) is 18.0 Å². The maximum atomic E-state index is 11.8. The Bertz CT molecular complexity index is 478. The van der Waals surface area contributed by atoms with E-state index in [0.717, 1.165) is 24.1 Å². The summed E-state index contributed by atoms with van der Waals surface area (Å²) in [5.41, 5.74) is 1.89. The third-order valence-corrected chi connectivity index (χ3v) is 3.79. The summed E-state index contributed by atoms with van der Waals surface area (Å²) in [4.78, 5) is 22.6. The summed E-state index contributed by atoms with van der Waals surface area (Å²) < 4.78 is 0. The fourth-order valence-electron chi connectivity index (χ4n) is 2.45. The molecule has 7 nitrogen and oxygen atoms in total. The lowest BCUT2D eigenvalue weighted by Gasteiger charge is -2.26. The Morgan fingerprint density at radius 1 is 1.40 bits per heavy atom. The average Bonchev–Trinajstić information content (AvgIpc) is 2.82. The Balaban J connectivity index is 1.70. The first-order valence-corrected chi connectivity index (χ1v) is 6.82. The summed E-state index contributed by atoms with van der Waals surface area (Å²) in [6.07, 6.45) is 4.38. The smallest absolute Gasteiger partial charge is 0.315 e. The van der Waals surface area contributed by atoms with Gasteiger partial charge in [-0.05, 0) is 32.6 Å². The van der Waals surface area contributed by atoms with Crippen LogP contribution in [0.3, 0.4) is 0 Å². The zero-order valence-corrected chi connectivity index (χ0v) is 11.5. The number of aryl methyl sites for hydroxylation is 1. The quantitative estimate of drug-likeness (QED) is 0.663. The van der Waals surface area contributed by atoms with Crippen LogP contribution in [0.2, 0.25) is 0 Å². The molecule has 1 saturated carbocycles. The first-order valence-electron chi connectivity index (χ1n) is 6.82. The molecule has 0 spiro atoms. The number of hydrogen-bond donors (Lipinski definition) is 4. The SMILES string of the molecule is Cc1[nH]ncc1CNC(=O)NC1CCC(C(=O)O)CC1. The molecular formula is C13H20N4O3. The van der Waals surface area contributed by atoms with Gasteiger partial charge in [0.2, 0.25) is 0 Å². The number of H-pyrrole nitrogens is 1. The minimum absolute atomic E-state index is 0.0658. The highest BCUT2D eigenvalue weighted by Crippen LogP contribution is 2.24. The van der Waals surface area contributed by atoms with Crippen molar-refractivity contribution in [3.63, 3.8) is 0 Å². The van der Waals surface area contributed by atoms with Crippen LogP contribution in [0.15, 0.2) is 6.20 Å². The lowest BCUT2D eigenvalue weighted by Crippen LogP contribution is -2.43. The Labute approximate surface area is 117 Å². The molecule has 2 amide bonds. The minimum atomic E-state index is -0.733. The number of carboxylic acids is 1. The summed E-state index contributed by atoms with van der Waals surface area (Å²) in [5.74, 6) is -0.993. The number of carboxylic acid groups (broad SMARTS) is 1. The van der Waals surface area contributed by atoms with Crippen LogP contribution in [0.25, 0.3) is 0 Å². The highest BCUT2D eigenvalue weighted by Gasteiger charge is 2.26. The molecule has 4 N–H and O–H groups in total. The van der Waals surface area contributed by atoms with Crippen molar-refractivity contribution < 1.29 is 14.7 Å². The topological polar surface area (TPSA) is 107 Å². The van der Waals surface area contributed by atoms with E-state index in [2.05, 4.69) is 20.8 Å². The molecular weight excluding hydrogens is 260 g/mol. The molecule has 1 aromatic rings. The molecule has 0 radical (unpaired) electrons. The Kier molecular flexibility index (Phi) is 4.60. The lowest BCUT2D eigenvalue weighted by atomic mass is 9.86. The van der Waals surface area contributed by atoms with Gasteiger partial charge in [0.15, 0.2) is 0 Å². The van der Waals surface area contributed by atoms with Gasteiger partial charge >= 0.3 is 12.0 Å². The molecule has 7 heteroatoms. The predicted octanol–water partition coefficient (Wildman–Crippen LogP) is 1.16. The van der Waals surface area contributed by atoms with Gasteiger partial charge in [-0.25, -0.2) is 4.79 Å². The molecule has 0 aliphatic heterocycles. The molecule has 1 aromatic heterocycles. The van der Waals surface area contributed by atoms with Gasteiger partial charge in [0.1, 0.15) is 0 Å². The second-order valence-corrected chi connectivity index (χ2v) is 5.23. The maximum Gasteiger partial charge on any atom is 0.315 e. The Hall–Kier alpha value is -2.05. The molecule has 1 fully saturated rings. The van der Waals surface area contributed by atoms with E-state index in [1.807, 2.05) is 6.92 Å². The van der Waals surface area contributed by atoms with E-state index in [9.17, 15) is 9.59 Å². The normalized spacial score (nSPS) is 22.2. The number of carbonyl (C=O) groups excluding carboxylic acids is 1. The number of amides is 2. The van der Waals surface area contributed by atoms with Crippen LogP contribution in [0.1, 0.15) is 36.9 Å². The summed E-state index contributed by atoms with van der Waals surface area (Å²) in [7, 11) is 0. The third kappa shape index (κ3) is 3.72. The molecule has 0 saturated heterocycles. The van der Waals surface area contributed by atoms with E-state index in [0.29, 0.717) is 19.4 Å². The molecule has 1 heterocycles. The number of carbonyl (C=O) groups is 2. The molecule has 1 aliphatic rings. The third-order valence-electron chi connectivity index (χ3n) is 3.79. The van der Waals surface area contributed by atoms with Gasteiger partial charge in [0.25, 0.3) is 0 Å². The number of aliphatic carboxylic acids is 1. The van der Waals surface area contributed by atoms with Gasteiger partial charge in [0.05, 0.1) is 12.1 Å². The zero-order chi connectivity index (χ0) is 14.5. The number of nitrogens with zero attached hydrogens (tertiary/aromatic N) is 1. The van der Waals surface area contributed by atoms with Gasteiger partial charge in [-0.1, -0.05) is 0 Å². The highest BCUT2D eigenvalue weighted by atomic mass is 16.4. The van der Waals surface area contributed by atoms with E-state index >= 15 is 0 Å².